The van der Waals surface area contributed by atoms with Crippen LogP contribution in [0.5, 0.6) is 0 Å². The molecule has 0 heterocycles. The fourth-order valence-corrected chi connectivity index (χ4v) is 7.84. The first-order valence-corrected chi connectivity index (χ1v) is 11.6. The number of hydrogen-bond donors (Lipinski definition) is 2. The van der Waals surface area contributed by atoms with E-state index in [0.717, 1.165) is 37.0 Å². The van der Waals surface area contributed by atoms with Gasteiger partial charge in [0.2, 0.25) is 0 Å². The first kappa shape index (κ1) is 20.6. The minimum Gasteiger partial charge on any atom is -0.465 e. The quantitative estimate of drug-likeness (QED) is 0.370. The lowest BCUT2D eigenvalue weighted by molar-refractivity contribution is -0.255. The molecular weight excluding hydrogens is 356 g/mol. The molecule has 0 radical (unpaired) electrons. The molecular formula is C23H38O5. The van der Waals surface area contributed by atoms with Gasteiger partial charge in [0.15, 0.2) is 0 Å². The third-order valence-corrected chi connectivity index (χ3v) is 8.97. The maximum Gasteiger partial charge on any atom is 0.309 e. The van der Waals surface area contributed by atoms with Crippen molar-refractivity contribution in [3.05, 3.63) is 0 Å². The predicted molar refractivity (Wildman–Crippen MR) is 105 cm³/mol. The zero-order valence-corrected chi connectivity index (χ0v) is 17.5. The third kappa shape index (κ3) is 3.63. The molecule has 4 aliphatic carbocycles. The van der Waals surface area contributed by atoms with Crippen molar-refractivity contribution >= 4 is 5.97 Å². The number of aliphatic hydroxyl groups is 1. The lowest BCUT2D eigenvalue weighted by atomic mass is 9.76. The Kier molecular flexibility index (Phi) is 6.34. The Bertz CT molecular complexity index is 551. The van der Waals surface area contributed by atoms with Crippen LogP contribution in [0, 0.1) is 59.2 Å². The largest absolute Gasteiger partial charge is 0.465 e. The number of hydrogen-bond acceptors (Lipinski definition) is 5. The first-order chi connectivity index (χ1) is 13.6. The van der Waals surface area contributed by atoms with Crippen molar-refractivity contribution in [3.63, 3.8) is 0 Å². The molecule has 0 amide bonds. The highest BCUT2D eigenvalue weighted by molar-refractivity contribution is 5.73. The van der Waals surface area contributed by atoms with E-state index in [2.05, 4.69) is 18.7 Å². The van der Waals surface area contributed by atoms with E-state index in [0.29, 0.717) is 42.8 Å². The lowest BCUT2D eigenvalue weighted by Gasteiger charge is -2.32. The SMILES string of the molecule is CCCC1CC(C)C(COO)C1C(=O)OCC1CC2CC1C1CC(CO)CC21. The molecule has 28 heavy (non-hydrogen) atoms. The summed E-state index contributed by atoms with van der Waals surface area (Å²) in [5.74, 6) is 4.59. The molecule has 0 aromatic rings. The van der Waals surface area contributed by atoms with Gasteiger partial charge < -0.3 is 9.84 Å². The molecule has 10 atom stereocenters. The van der Waals surface area contributed by atoms with Crippen molar-refractivity contribution in [3.8, 4) is 0 Å². The van der Waals surface area contributed by atoms with Crippen molar-refractivity contribution in [2.75, 3.05) is 19.8 Å². The highest BCUT2D eigenvalue weighted by Crippen LogP contribution is 2.62. The second kappa shape index (κ2) is 8.61. The van der Waals surface area contributed by atoms with Gasteiger partial charge in [-0.3, -0.25) is 10.1 Å². The Hall–Kier alpha value is -0.650. The number of rotatable bonds is 8. The second-order valence-electron chi connectivity index (χ2n) is 10.4. The lowest BCUT2D eigenvalue weighted by Crippen LogP contribution is -2.33. The van der Waals surface area contributed by atoms with Gasteiger partial charge in [-0.15, -0.1) is 0 Å². The molecule has 0 saturated heterocycles. The van der Waals surface area contributed by atoms with Crippen LogP contribution in [0.25, 0.3) is 0 Å². The molecule has 160 valence electrons. The zero-order valence-electron chi connectivity index (χ0n) is 17.5. The summed E-state index contributed by atoms with van der Waals surface area (Å²) in [4.78, 5) is 17.5. The minimum absolute atomic E-state index is 0.0543. The number of aliphatic hydroxyl groups excluding tert-OH is 1. The molecule has 0 spiro atoms. The smallest absolute Gasteiger partial charge is 0.309 e. The van der Waals surface area contributed by atoms with Crippen molar-refractivity contribution in [1.82, 2.24) is 0 Å². The van der Waals surface area contributed by atoms with E-state index in [-0.39, 0.29) is 24.4 Å². The number of carbonyl (C=O) groups excluding carboxylic acids is 1. The van der Waals surface area contributed by atoms with E-state index in [1.807, 2.05) is 0 Å². The number of fused-ring (bicyclic) bond motifs is 5. The number of ether oxygens (including phenoxy) is 1. The van der Waals surface area contributed by atoms with E-state index in [1.54, 1.807) is 0 Å². The van der Waals surface area contributed by atoms with Gasteiger partial charge in [-0.25, -0.2) is 4.89 Å². The van der Waals surface area contributed by atoms with Crippen LogP contribution in [0.4, 0.5) is 0 Å². The summed E-state index contributed by atoms with van der Waals surface area (Å²) >= 11 is 0. The summed E-state index contributed by atoms with van der Waals surface area (Å²) in [6.45, 7) is 5.44. The molecule has 0 aromatic heterocycles. The molecule has 0 aromatic carbocycles. The maximum atomic E-state index is 13.1. The van der Waals surface area contributed by atoms with Crippen LogP contribution >= 0.6 is 0 Å². The van der Waals surface area contributed by atoms with Gasteiger partial charge in [0.1, 0.15) is 0 Å². The Morgan fingerprint density at radius 3 is 2.50 bits per heavy atom. The van der Waals surface area contributed by atoms with Crippen LogP contribution in [0.1, 0.15) is 58.8 Å². The molecule has 4 rings (SSSR count). The summed E-state index contributed by atoms with van der Waals surface area (Å²) in [5, 5.41) is 18.5. The monoisotopic (exact) mass is 394 g/mol. The van der Waals surface area contributed by atoms with Gasteiger partial charge >= 0.3 is 5.97 Å². The third-order valence-electron chi connectivity index (χ3n) is 8.97. The molecule has 5 heteroatoms. The summed E-state index contributed by atoms with van der Waals surface area (Å²) in [6.07, 6.45) is 7.98. The van der Waals surface area contributed by atoms with Gasteiger partial charge in [-0.05, 0) is 85.9 Å². The Morgan fingerprint density at radius 2 is 1.79 bits per heavy atom. The van der Waals surface area contributed by atoms with Crippen LogP contribution in [0.2, 0.25) is 0 Å². The Balaban J connectivity index is 1.35. The molecule has 4 saturated carbocycles. The van der Waals surface area contributed by atoms with E-state index in [1.165, 1.54) is 25.7 Å². The van der Waals surface area contributed by atoms with Gasteiger partial charge in [-0.1, -0.05) is 20.3 Å². The molecule has 2 bridgehead atoms. The van der Waals surface area contributed by atoms with E-state index < -0.39 is 0 Å². The van der Waals surface area contributed by atoms with E-state index in [4.69, 9.17) is 9.99 Å². The van der Waals surface area contributed by atoms with Crippen molar-refractivity contribution in [1.29, 1.82) is 0 Å². The number of esters is 1. The van der Waals surface area contributed by atoms with E-state index >= 15 is 0 Å². The van der Waals surface area contributed by atoms with Crippen molar-refractivity contribution < 1.29 is 24.8 Å². The molecule has 4 fully saturated rings. The van der Waals surface area contributed by atoms with Crippen molar-refractivity contribution in [2.24, 2.45) is 59.2 Å². The van der Waals surface area contributed by atoms with Crippen LogP contribution in [-0.4, -0.2) is 36.2 Å². The summed E-state index contributed by atoms with van der Waals surface area (Å²) in [5.41, 5.74) is 0. The van der Waals surface area contributed by atoms with Crippen LogP contribution in [0.15, 0.2) is 0 Å². The Labute approximate surface area is 169 Å². The van der Waals surface area contributed by atoms with Gasteiger partial charge in [0.25, 0.3) is 0 Å². The van der Waals surface area contributed by atoms with Crippen LogP contribution in [-0.2, 0) is 14.4 Å². The zero-order chi connectivity index (χ0) is 19.8. The molecule has 5 nitrogen and oxygen atoms in total. The molecule has 4 aliphatic rings. The van der Waals surface area contributed by atoms with Gasteiger partial charge in [0.05, 0.1) is 19.1 Å². The highest BCUT2D eigenvalue weighted by Gasteiger charge is 2.56. The maximum absolute atomic E-state index is 13.1. The minimum atomic E-state index is -0.140. The Morgan fingerprint density at radius 1 is 1.00 bits per heavy atom. The van der Waals surface area contributed by atoms with Gasteiger partial charge in [0, 0.05) is 12.5 Å². The highest BCUT2D eigenvalue weighted by atomic mass is 17.1. The standard InChI is InChI=1S/C23H38O5/c1-3-4-15-5-13(2)21(12-28-26)22(15)23(25)27-11-17-8-16-9-19(17)20-7-14(10-24)6-18(16)20/h13-22,24,26H,3-12H2,1-2H3. The summed E-state index contributed by atoms with van der Waals surface area (Å²) in [6, 6.07) is 0. The molecule has 2 N–H and O–H groups in total. The predicted octanol–water partition coefficient (Wildman–Crippen LogP) is 4.00. The summed E-state index contributed by atoms with van der Waals surface area (Å²) in [7, 11) is 0. The fourth-order valence-electron chi connectivity index (χ4n) is 7.84. The molecule has 10 unspecified atom stereocenters. The topological polar surface area (TPSA) is 76.0 Å². The molecule has 0 aliphatic heterocycles. The van der Waals surface area contributed by atoms with Crippen molar-refractivity contribution in [2.45, 2.75) is 58.8 Å². The normalized spacial score (nSPS) is 46.9. The number of carbonyl (C=O) groups is 1. The average molecular weight is 395 g/mol. The average Bonchev–Trinajstić information content (AvgIpc) is 3.41. The second-order valence-corrected chi connectivity index (χ2v) is 10.4. The summed E-state index contributed by atoms with van der Waals surface area (Å²) < 4.78 is 5.94. The van der Waals surface area contributed by atoms with Crippen LogP contribution < -0.4 is 0 Å². The van der Waals surface area contributed by atoms with Gasteiger partial charge in [-0.2, -0.15) is 0 Å². The van der Waals surface area contributed by atoms with Crippen LogP contribution in [0.3, 0.4) is 0 Å². The first-order valence-electron chi connectivity index (χ1n) is 11.6. The van der Waals surface area contributed by atoms with E-state index in [9.17, 15) is 9.90 Å². The fraction of sp³-hybridized carbons (Fsp3) is 0.957.